The number of hydrogen-bond donors (Lipinski definition) is 2. The van der Waals surface area contributed by atoms with E-state index >= 15 is 0 Å². The standard InChI is InChI=1S/C19H26N2O5/c1-3-25-17-11-14(12-22)9-10-16(17)26-13(2)18(23)21-19(24)20-15-7-5-4-6-8-15/h9-13,15H,3-8H2,1-2H3,(H2,20,21,23,24)/t13-/m1/s1. The maximum atomic E-state index is 12.2. The van der Waals surface area contributed by atoms with Crippen molar-refractivity contribution in [1.29, 1.82) is 0 Å². The largest absolute Gasteiger partial charge is 0.490 e. The number of aldehydes is 1. The Hall–Kier alpha value is -2.57. The van der Waals surface area contributed by atoms with Crippen LogP contribution in [-0.2, 0) is 4.79 Å². The minimum Gasteiger partial charge on any atom is -0.490 e. The zero-order chi connectivity index (χ0) is 18.9. The minimum atomic E-state index is -0.895. The molecule has 0 spiro atoms. The third-order valence-electron chi connectivity index (χ3n) is 4.25. The zero-order valence-electron chi connectivity index (χ0n) is 15.2. The van der Waals surface area contributed by atoms with Gasteiger partial charge in [0.25, 0.3) is 5.91 Å². The van der Waals surface area contributed by atoms with Crippen molar-refractivity contribution < 1.29 is 23.9 Å². The van der Waals surface area contributed by atoms with Crippen LogP contribution >= 0.6 is 0 Å². The van der Waals surface area contributed by atoms with E-state index in [4.69, 9.17) is 9.47 Å². The van der Waals surface area contributed by atoms with Crippen LogP contribution in [0.2, 0.25) is 0 Å². The average molecular weight is 362 g/mol. The third kappa shape index (κ3) is 5.75. The van der Waals surface area contributed by atoms with Crippen LogP contribution < -0.4 is 20.1 Å². The van der Waals surface area contributed by atoms with Crippen molar-refractivity contribution in [3.63, 3.8) is 0 Å². The van der Waals surface area contributed by atoms with E-state index in [1.165, 1.54) is 6.42 Å². The van der Waals surface area contributed by atoms with Crippen molar-refractivity contribution in [3.05, 3.63) is 23.8 Å². The van der Waals surface area contributed by atoms with Crippen LogP contribution in [0.4, 0.5) is 4.79 Å². The number of carbonyl (C=O) groups excluding carboxylic acids is 3. The van der Waals surface area contributed by atoms with Crippen LogP contribution in [-0.4, -0.2) is 37.0 Å². The van der Waals surface area contributed by atoms with Gasteiger partial charge in [0, 0.05) is 11.6 Å². The van der Waals surface area contributed by atoms with Crippen LogP contribution in [0.3, 0.4) is 0 Å². The van der Waals surface area contributed by atoms with Gasteiger partial charge in [0.1, 0.15) is 6.29 Å². The lowest BCUT2D eigenvalue weighted by Crippen LogP contribution is -2.48. The maximum absolute atomic E-state index is 12.2. The van der Waals surface area contributed by atoms with Crippen LogP contribution in [0.25, 0.3) is 0 Å². The van der Waals surface area contributed by atoms with Crippen LogP contribution in [0, 0.1) is 0 Å². The molecular weight excluding hydrogens is 336 g/mol. The molecule has 1 aromatic rings. The molecule has 0 aromatic heterocycles. The fourth-order valence-electron chi connectivity index (χ4n) is 2.89. The Balaban J connectivity index is 1.91. The summed E-state index contributed by atoms with van der Waals surface area (Å²) in [5, 5.41) is 5.14. The molecule has 1 saturated carbocycles. The molecular formula is C19H26N2O5. The first-order valence-corrected chi connectivity index (χ1v) is 9.03. The smallest absolute Gasteiger partial charge is 0.321 e. The normalized spacial score (nSPS) is 15.6. The lowest BCUT2D eigenvalue weighted by Gasteiger charge is -2.23. The van der Waals surface area contributed by atoms with E-state index in [0.29, 0.717) is 30.0 Å². The number of carbonyl (C=O) groups is 3. The van der Waals surface area contributed by atoms with Crippen LogP contribution in [0.5, 0.6) is 11.5 Å². The van der Waals surface area contributed by atoms with Gasteiger partial charge in [-0.1, -0.05) is 19.3 Å². The lowest BCUT2D eigenvalue weighted by atomic mass is 9.96. The number of rotatable bonds is 7. The van der Waals surface area contributed by atoms with E-state index < -0.39 is 18.0 Å². The molecule has 0 aliphatic heterocycles. The SMILES string of the molecule is CCOc1cc(C=O)ccc1O[C@H](C)C(=O)NC(=O)NC1CCCCC1. The summed E-state index contributed by atoms with van der Waals surface area (Å²) in [7, 11) is 0. The van der Waals surface area contributed by atoms with Gasteiger partial charge in [-0.25, -0.2) is 4.79 Å². The van der Waals surface area contributed by atoms with Crippen LogP contribution in [0.15, 0.2) is 18.2 Å². The molecule has 2 rings (SSSR count). The molecule has 1 atom stereocenters. The minimum absolute atomic E-state index is 0.119. The molecule has 2 N–H and O–H groups in total. The highest BCUT2D eigenvalue weighted by Gasteiger charge is 2.21. The first-order valence-electron chi connectivity index (χ1n) is 9.03. The van der Waals surface area contributed by atoms with Crippen molar-refractivity contribution >= 4 is 18.2 Å². The number of amides is 3. The molecule has 3 amide bonds. The highest BCUT2D eigenvalue weighted by molar-refractivity contribution is 5.96. The fraction of sp³-hybridized carbons (Fsp3) is 0.526. The quantitative estimate of drug-likeness (QED) is 0.728. The summed E-state index contributed by atoms with van der Waals surface area (Å²) in [6.45, 7) is 3.75. The molecule has 1 aliphatic carbocycles. The summed E-state index contributed by atoms with van der Waals surface area (Å²) >= 11 is 0. The molecule has 7 heteroatoms. The van der Waals surface area contributed by atoms with Crippen molar-refractivity contribution in [2.75, 3.05) is 6.61 Å². The summed E-state index contributed by atoms with van der Waals surface area (Å²) in [5.74, 6) is 0.177. The Bertz CT molecular complexity index is 641. The Labute approximate surface area is 153 Å². The van der Waals surface area contributed by atoms with E-state index in [2.05, 4.69) is 10.6 Å². The highest BCUT2D eigenvalue weighted by atomic mass is 16.5. The third-order valence-corrected chi connectivity index (χ3v) is 4.25. The van der Waals surface area contributed by atoms with Crippen LogP contribution in [0.1, 0.15) is 56.3 Å². The van der Waals surface area contributed by atoms with Gasteiger partial charge in [0.05, 0.1) is 6.61 Å². The van der Waals surface area contributed by atoms with Gasteiger partial charge in [0.2, 0.25) is 0 Å². The maximum Gasteiger partial charge on any atom is 0.321 e. The molecule has 0 saturated heterocycles. The van der Waals surface area contributed by atoms with E-state index in [-0.39, 0.29) is 6.04 Å². The van der Waals surface area contributed by atoms with Gasteiger partial charge in [-0.2, -0.15) is 0 Å². The molecule has 1 aromatic carbocycles. The summed E-state index contributed by atoms with van der Waals surface area (Å²) in [4.78, 5) is 35.1. The predicted octanol–water partition coefficient (Wildman–Crippen LogP) is 2.82. The molecule has 1 aliphatic rings. The number of nitrogens with one attached hydrogen (secondary N) is 2. The van der Waals surface area contributed by atoms with Crippen molar-refractivity contribution in [3.8, 4) is 11.5 Å². The Morgan fingerprint density at radius 1 is 1.23 bits per heavy atom. The van der Waals surface area contributed by atoms with E-state index in [0.717, 1.165) is 25.7 Å². The number of urea groups is 1. The van der Waals surface area contributed by atoms with Gasteiger partial charge in [-0.15, -0.1) is 0 Å². The number of imide groups is 1. The Morgan fingerprint density at radius 2 is 1.96 bits per heavy atom. The highest BCUT2D eigenvalue weighted by Crippen LogP contribution is 2.29. The van der Waals surface area contributed by atoms with E-state index in [1.807, 2.05) is 6.92 Å². The first kappa shape index (κ1) is 19.8. The zero-order valence-corrected chi connectivity index (χ0v) is 15.2. The summed E-state index contributed by atoms with van der Waals surface area (Å²) in [6.07, 6.45) is 5.06. The monoisotopic (exact) mass is 362 g/mol. The Kier molecular flexibility index (Phi) is 7.44. The molecule has 1 fully saturated rings. The van der Waals surface area contributed by atoms with E-state index in [1.54, 1.807) is 25.1 Å². The molecule has 0 radical (unpaired) electrons. The fourth-order valence-corrected chi connectivity index (χ4v) is 2.89. The second-order valence-corrected chi connectivity index (χ2v) is 6.31. The summed E-state index contributed by atoms with van der Waals surface area (Å²) in [5.41, 5.74) is 0.449. The van der Waals surface area contributed by atoms with Crippen molar-refractivity contribution in [1.82, 2.24) is 10.6 Å². The number of ether oxygens (including phenoxy) is 2. The summed E-state index contributed by atoms with van der Waals surface area (Å²) < 4.78 is 11.1. The molecule has 26 heavy (non-hydrogen) atoms. The van der Waals surface area contributed by atoms with Gasteiger partial charge in [0.15, 0.2) is 17.6 Å². The molecule has 7 nitrogen and oxygen atoms in total. The van der Waals surface area contributed by atoms with Gasteiger partial charge in [-0.05, 0) is 44.9 Å². The predicted molar refractivity (Wildman–Crippen MR) is 96.6 cm³/mol. The summed E-state index contributed by atoms with van der Waals surface area (Å²) in [6, 6.07) is 4.31. The average Bonchev–Trinajstić information content (AvgIpc) is 2.63. The molecule has 0 unspecified atom stereocenters. The second-order valence-electron chi connectivity index (χ2n) is 6.31. The van der Waals surface area contributed by atoms with Gasteiger partial charge in [-0.3, -0.25) is 14.9 Å². The lowest BCUT2D eigenvalue weighted by molar-refractivity contribution is -0.126. The van der Waals surface area contributed by atoms with Crippen molar-refractivity contribution in [2.24, 2.45) is 0 Å². The Morgan fingerprint density at radius 3 is 2.62 bits per heavy atom. The van der Waals surface area contributed by atoms with Gasteiger partial charge < -0.3 is 14.8 Å². The molecule has 0 heterocycles. The number of hydrogen-bond acceptors (Lipinski definition) is 5. The molecule has 142 valence electrons. The second kappa shape index (κ2) is 9.79. The molecule has 0 bridgehead atoms. The van der Waals surface area contributed by atoms with E-state index in [9.17, 15) is 14.4 Å². The number of benzene rings is 1. The van der Waals surface area contributed by atoms with Crippen molar-refractivity contribution in [2.45, 2.75) is 58.1 Å². The topological polar surface area (TPSA) is 93.7 Å². The first-order chi connectivity index (χ1) is 12.5. The van der Waals surface area contributed by atoms with Gasteiger partial charge >= 0.3 is 6.03 Å².